The van der Waals surface area contributed by atoms with Crippen LogP contribution in [0, 0.1) is 0 Å². The SMILES string of the molecule is Nc1ccc([C@H]2CCCN2)c(Br)c1. The number of nitrogens with one attached hydrogen (secondary N) is 1. The van der Waals surface area contributed by atoms with E-state index in [-0.39, 0.29) is 0 Å². The van der Waals surface area contributed by atoms with Gasteiger partial charge in [-0.15, -0.1) is 0 Å². The molecule has 0 saturated carbocycles. The fourth-order valence-electron chi connectivity index (χ4n) is 1.78. The summed E-state index contributed by atoms with van der Waals surface area (Å²) in [4.78, 5) is 0. The Morgan fingerprint density at radius 3 is 2.92 bits per heavy atom. The molecule has 1 fully saturated rings. The number of nitrogens with two attached hydrogens (primary N) is 1. The molecular formula is C10H13BrN2. The molecule has 0 radical (unpaired) electrons. The Hall–Kier alpha value is -0.540. The minimum atomic E-state index is 0.509. The molecule has 1 aliphatic heterocycles. The fourth-order valence-corrected chi connectivity index (χ4v) is 2.45. The van der Waals surface area contributed by atoms with Crippen molar-refractivity contribution in [2.45, 2.75) is 18.9 Å². The maximum Gasteiger partial charge on any atom is 0.0331 e. The molecule has 1 aromatic carbocycles. The minimum Gasteiger partial charge on any atom is -0.399 e. The number of nitrogen functional groups attached to an aromatic ring is 1. The zero-order valence-electron chi connectivity index (χ0n) is 7.39. The van der Waals surface area contributed by atoms with Gasteiger partial charge in [0.25, 0.3) is 0 Å². The molecule has 2 nitrogen and oxygen atoms in total. The molecule has 1 heterocycles. The minimum absolute atomic E-state index is 0.509. The predicted octanol–water partition coefficient (Wildman–Crippen LogP) is 2.46. The van der Waals surface area contributed by atoms with E-state index in [1.165, 1.54) is 18.4 Å². The largest absolute Gasteiger partial charge is 0.399 e. The van der Waals surface area contributed by atoms with Crippen LogP contribution in [-0.4, -0.2) is 6.54 Å². The Kier molecular flexibility index (Phi) is 2.56. The second kappa shape index (κ2) is 3.68. The summed E-state index contributed by atoms with van der Waals surface area (Å²) in [6.07, 6.45) is 2.49. The van der Waals surface area contributed by atoms with Crippen LogP contribution in [0.5, 0.6) is 0 Å². The molecule has 0 bridgehead atoms. The predicted molar refractivity (Wildman–Crippen MR) is 58.5 cm³/mol. The molecule has 3 N–H and O–H groups in total. The van der Waals surface area contributed by atoms with Gasteiger partial charge in [-0.3, -0.25) is 0 Å². The third kappa shape index (κ3) is 1.86. The van der Waals surface area contributed by atoms with Gasteiger partial charge in [-0.05, 0) is 37.1 Å². The van der Waals surface area contributed by atoms with Crippen molar-refractivity contribution in [1.82, 2.24) is 5.32 Å². The first kappa shape index (κ1) is 9.03. The quantitative estimate of drug-likeness (QED) is 0.741. The van der Waals surface area contributed by atoms with Crippen molar-refractivity contribution in [2.24, 2.45) is 0 Å². The normalized spacial score (nSPS) is 22.1. The molecule has 1 aromatic rings. The summed E-state index contributed by atoms with van der Waals surface area (Å²) in [5.41, 5.74) is 7.81. The topological polar surface area (TPSA) is 38.0 Å². The lowest BCUT2D eigenvalue weighted by molar-refractivity contribution is 0.645. The Morgan fingerprint density at radius 2 is 2.31 bits per heavy atom. The van der Waals surface area contributed by atoms with Gasteiger partial charge in [-0.1, -0.05) is 22.0 Å². The molecule has 0 unspecified atom stereocenters. The highest BCUT2D eigenvalue weighted by atomic mass is 79.9. The van der Waals surface area contributed by atoms with Crippen LogP contribution in [0.3, 0.4) is 0 Å². The molecule has 0 aliphatic carbocycles. The Morgan fingerprint density at radius 1 is 1.46 bits per heavy atom. The van der Waals surface area contributed by atoms with E-state index in [1.54, 1.807) is 0 Å². The Labute approximate surface area is 86.6 Å². The molecule has 1 aliphatic rings. The van der Waals surface area contributed by atoms with Crippen molar-refractivity contribution in [3.8, 4) is 0 Å². The van der Waals surface area contributed by atoms with E-state index in [1.807, 2.05) is 12.1 Å². The van der Waals surface area contributed by atoms with Crippen LogP contribution in [-0.2, 0) is 0 Å². The highest BCUT2D eigenvalue weighted by Gasteiger charge is 2.17. The van der Waals surface area contributed by atoms with Gasteiger partial charge in [0.05, 0.1) is 0 Å². The van der Waals surface area contributed by atoms with Gasteiger partial charge >= 0.3 is 0 Å². The van der Waals surface area contributed by atoms with Gasteiger partial charge in [-0.2, -0.15) is 0 Å². The first-order chi connectivity index (χ1) is 6.27. The summed E-state index contributed by atoms with van der Waals surface area (Å²) in [5, 5.41) is 3.46. The Bertz CT molecular complexity index is 306. The van der Waals surface area contributed by atoms with Crippen molar-refractivity contribution in [3.05, 3.63) is 28.2 Å². The molecule has 13 heavy (non-hydrogen) atoms. The van der Waals surface area contributed by atoms with E-state index >= 15 is 0 Å². The summed E-state index contributed by atoms with van der Waals surface area (Å²) in [6.45, 7) is 1.13. The van der Waals surface area contributed by atoms with Crippen molar-refractivity contribution in [1.29, 1.82) is 0 Å². The average Bonchev–Trinajstić information content (AvgIpc) is 2.56. The lowest BCUT2D eigenvalue weighted by Gasteiger charge is -2.12. The second-order valence-electron chi connectivity index (χ2n) is 3.43. The molecule has 70 valence electrons. The Balaban J connectivity index is 2.29. The number of hydrogen-bond acceptors (Lipinski definition) is 2. The fraction of sp³-hybridized carbons (Fsp3) is 0.400. The number of anilines is 1. The highest BCUT2D eigenvalue weighted by Crippen LogP contribution is 2.30. The van der Waals surface area contributed by atoms with Gasteiger partial charge in [0.2, 0.25) is 0 Å². The van der Waals surface area contributed by atoms with Gasteiger partial charge < -0.3 is 11.1 Å². The van der Waals surface area contributed by atoms with E-state index in [0.29, 0.717) is 6.04 Å². The third-order valence-corrected chi connectivity index (χ3v) is 3.15. The zero-order valence-corrected chi connectivity index (χ0v) is 8.97. The molecule has 3 heteroatoms. The van der Waals surface area contributed by atoms with Crippen LogP contribution in [0.4, 0.5) is 5.69 Å². The molecule has 0 spiro atoms. The number of rotatable bonds is 1. The first-order valence-electron chi connectivity index (χ1n) is 4.55. The summed E-state index contributed by atoms with van der Waals surface area (Å²) < 4.78 is 1.12. The number of hydrogen-bond donors (Lipinski definition) is 2. The molecule has 1 saturated heterocycles. The molecule has 0 aromatic heterocycles. The second-order valence-corrected chi connectivity index (χ2v) is 4.28. The van der Waals surface area contributed by atoms with Crippen LogP contribution in [0.1, 0.15) is 24.4 Å². The van der Waals surface area contributed by atoms with Crippen molar-refractivity contribution < 1.29 is 0 Å². The monoisotopic (exact) mass is 240 g/mol. The lowest BCUT2D eigenvalue weighted by atomic mass is 10.1. The van der Waals surface area contributed by atoms with Crippen molar-refractivity contribution in [3.63, 3.8) is 0 Å². The maximum absolute atomic E-state index is 5.68. The van der Waals surface area contributed by atoms with Crippen LogP contribution >= 0.6 is 15.9 Å². The maximum atomic E-state index is 5.68. The number of benzene rings is 1. The van der Waals surface area contributed by atoms with Gasteiger partial charge in [0.1, 0.15) is 0 Å². The number of halogens is 1. The van der Waals surface area contributed by atoms with Crippen molar-refractivity contribution in [2.75, 3.05) is 12.3 Å². The van der Waals surface area contributed by atoms with E-state index in [0.717, 1.165) is 16.7 Å². The van der Waals surface area contributed by atoms with Gasteiger partial charge in [0, 0.05) is 16.2 Å². The summed E-state index contributed by atoms with van der Waals surface area (Å²) >= 11 is 3.54. The molecule has 1 atom stereocenters. The van der Waals surface area contributed by atoms with Crippen LogP contribution in [0.2, 0.25) is 0 Å². The van der Waals surface area contributed by atoms with E-state index in [9.17, 15) is 0 Å². The van der Waals surface area contributed by atoms with Crippen LogP contribution in [0.15, 0.2) is 22.7 Å². The summed E-state index contributed by atoms with van der Waals surface area (Å²) in [5.74, 6) is 0. The first-order valence-corrected chi connectivity index (χ1v) is 5.35. The van der Waals surface area contributed by atoms with E-state index in [2.05, 4.69) is 27.3 Å². The van der Waals surface area contributed by atoms with Crippen LogP contribution < -0.4 is 11.1 Å². The summed E-state index contributed by atoms with van der Waals surface area (Å²) in [7, 11) is 0. The van der Waals surface area contributed by atoms with Crippen LogP contribution in [0.25, 0.3) is 0 Å². The molecule has 0 amide bonds. The summed E-state index contributed by atoms with van der Waals surface area (Å²) in [6, 6.07) is 6.53. The third-order valence-electron chi connectivity index (χ3n) is 2.46. The van der Waals surface area contributed by atoms with E-state index < -0.39 is 0 Å². The van der Waals surface area contributed by atoms with E-state index in [4.69, 9.17) is 5.73 Å². The van der Waals surface area contributed by atoms with Gasteiger partial charge in [-0.25, -0.2) is 0 Å². The average molecular weight is 241 g/mol. The van der Waals surface area contributed by atoms with Gasteiger partial charge in [0.15, 0.2) is 0 Å². The lowest BCUT2D eigenvalue weighted by Crippen LogP contribution is -2.13. The highest BCUT2D eigenvalue weighted by molar-refractivity contribution is 9.10. The van der Waals surface area contributed by atoms with Crippen molar-refractivity contribution >= 4 is 21.6 Å². The molecular weight excluding hydrogens is 228 g/mol. The standard InChI is InChI=1S/C10H13BrN2/c11-9-6-7(12)3-4-8(9)10-2-1-5-13-10/h3-4,6,10,13H,1-2,5,12H2/t10-/m1/s1. The molecule has 2 rings (SSSR count). The zero-order chi connectivity index (χ0) is 9.26. The smallest absolute Gasteiger partial charge is 0.0331 e.